The topological polar surface area (TPSA) is 61.2 Å². The van der Waals surface area contributed by atoms with Crippen molar-refractivity contribution in [2.45, 2.75) is 68.5 Å². The quantitative estimate of drug-likeness (QED) is 0.518. The molecule has 2 rings (SSSR count). The molecule has 26 heavy (non-hydrogen) atoms. The molecule has 0 fully saturated rings. The minimum atomic E-state index is -3.62. The van der Waals surface area contributed by atoms with Gasteiger partial charge < -0.3 is 4.74 Å². The first-order valence-corrected chi connectivity index (χ1v) is 14.0. The fourth-order valence-corrected chi connectivity index (χ4v) is 4.53. The summed E-state index contributed by atoms with van der Waals surface area (Å²) in [6.07, 6.45) is 2.89. The minimum absolute atomic E-state index is 0.0196. The van der Waals surface area contributed by atoms with Crippen LogP contribution in [0.4, 0.5) is 0 Å². The fraction of sp³-hybridized carbons (Fsp3) is 0.526. The van der Waals surface area contributed by atoms with Gasteiger partial charge >= 0.3 is 0 Å². The average Bonchev–Trinajstić information content (AvgIpc) is 2.99. The second-order valence-corrected chi connectivity index (χ2v) is 16.3. The maximum absolute atomic E-state index is 13.0. The second kappa shape index (κ2) is 7.66. The van der Waals surface area contributed by atoms with Crippen LogP contribution in [0.3, 0.4) is 0 Å². The maximum Gasteiger partial charge on any atom is 0.223 e. The monoisotopic (exact) mass is 394 g/mol. The van der Waals surface area contributed by atoms with Crippen LogP contribution >= 0.6 is 0 Å². The number of ether oxygens (including phenoxy) is 1. The minimum Gasteiger partial charge on any atom is -0.361 e. The zero-order valence-electron chi connectivity index (χ0n) is 16.6. The van der Waals surface area contributed by atoms with E-state index in [2.05, 4.69) is 45.4 Å². The van der Waals surface area contributed by atoms with Crippen molar-refractivity contribution in [1.29, 1.82) is 0 Å². The third-order valence-corrected chi connectivity index (χ3v) is 7.69. The predicted molar refractivity (Wildman–Crippen MR) is 107 cm³/mol. The lowest BCUT2D eigenvalue weighted by Gasteiger charge is -2.19. The maximum atomic E-state index is 13.0. The Labute approximate surface area is 158 Å². The van der Waals surface area contributed by atoms with E-state index in [1.807, 2.05) is 12.1 Å². The van der Waals surface area contributed by atoms with E-state index in [1.165, 1.54) is 12.5 Å². The van der Waals surface area contributed by atoms with Gasteiger partial charge in [-0.1, -0.05) is 52.5 Å². The van der Waals surface area contributed by atoms with E-state index in [1.54, 1.807) is 16.7 Å². The molecule has 0 atom stereocenters. The van der Waals surface area contributed by atoms with Crippen LogP contribution in [0.15, 0.2) is 46.7 Å². The molecule has 0 N–H and O–H groups in total. The van der Waals surface area contributed by atoms with Crippen molar-refractivity contribution in [3.63, 3.8) is 0 Å². The normalized spacial score (nSPS) is 13.2. The summed E-state index contributed by atoms with van der Waals surface area (Å²) in [5.41, 5.74) is 1.08. The van der Waals surface area contributed by atoms with Crippen molar-refractivity contribution in [2.24, 2.45) is 0 Å². The first-order chi connectivity index (χ1) is 11.9. The summed E-state index contributed by atoms with van der Waals surface area (Å²) in [6.45, 7) is 14.0. The third-order valence-electron chi connectivity index (χ3n) is 4.21. The molecule has 0 aliphatic heterocycles. The molecular weight excluding hydrogens is 364 g/mol. The van der Waals surface area contributed by atoms with Crippen LogP contribution in [-0.4, -0.2) is 32.6 Å². The predicted octanol–water partition coefficient (Wildman–Crippen LogP) is 4.33. The van der Waals surface area contributed by atoms with Crippen molar-refractivity contribution in [3.8, 4) is 0 Å². The lowest BCUT2D eigenvalue weighted by atomic mass is 9.87. The molecule has 2 aromatic rings. The van der Waals surface area contributed by atoms with Gasteiger partial charge in [-0.3, -0.25) is 4.57 Å². The van der Waals surface area contributed by atoms with Crippen molar-refractivity contribution >= 4 is 17.9 Å². The number of benzene rings is 1. The molecule has 1 aromatic heterocycles. The Kier molecular flexibility index (Phi) is 6.15. The first kappa shape index (κ1) is 20.9. The lowest BCUT2D eigenvalue weighted by molar-refractivity contribution is 0.0815. The van der Waals surface area contributed by atoms with E-state index in [0.717, 1.165) is 11.6 Å². The number of hydrogen-bond donors (Lipinski definition) is 0. The zero-order valence-corrected chi connectivity index (χ0v) is 18.4. The molecule has 7 heteroatoms. The number of sulfone groups is 1. The Morgan fingerprint density at radius 3 is 2.27 bits per heavy atom. The van der Waals surface area contributed by atoms with Crippen LogP contribution in [0.25, 0.3) is 0 Å². The van der Waals surface area contributed by atoms with Crippen molar-refractivity contribution in [3.05, 3.63) is 42.4 Å². The molecule has 5 nitrogen and oxygen atoms in total. The molecule has 0 amide bonds. The molecule has 0 unspecified atom stereocenters. The smallest absolute Gasteiger partial charge is 0.223 e. The molecule has 0 spiro atoms. The van der Waals surface area contributed by atoms with Gasteiger partial charge in [-0.25, -0.2) is 13.4 Å². The number of imidazole rings is 1. The van der Waals surface area contributed by atoms with Gasteiger partial charge in [0.05, 0.1) is 17.4 Å². The Morgan fingerprint density at radius 1 is 1.12 bits per heavy atom. The largest absolute Gasteiger partial charge is 0.361 e. The molecular formula is C19H30N2O3SSi. The van der Waals surface area contributed by atoms with E-state index < -0.39 is 17.9 Å². The van der Waals surface area contributed by atoms with Gasteiger partial charge in [0.15, 0.2) is 5.03 Å². The number of aromatic nitrogens is 2. The summed E-state index contributed by atoms with van der Waals surface area (Å²) < 4.78 is 33.2. The highest BCUT2D eigenvalue weighted by molar-refractivity contribution is 7.91. The van der Waals surface area contributed by atoms with Crippen LogP contribution in [0.5, 0.6) is 0 Å². The molecule has 1 aromatic carbocycles. The van der Waals surface area contributed by atoms with E-state index in [9.17, 15) is 8.42 Å². The zero-order chi connectivity index (χ0) is 19.6. The second-order valence-electron chi connectivity index (χ2n) is 8.83. The summed E-state index contributed by atoms with van der Waals surface area (Å²) in [6, 6.07) is 8.12. The van der Waals surface area contributed by atoms with E-state index in [4.69, 9.17) is 4.74 Å². The molecule has 0 saturated carbocycles. The lowest BCUT2D eigenvalue weighted by Crippen LogP contribution is -2.22. The number of hydrogen-bond acceptors (Lipinski definition) is 4. The summed E-state index contributed by atoms with van der Waals surface area (Å²) in [5.74, 6) is 0. The third kappa shape index (κ3) is 5.28. The van der Waals surface area contributed by atoms with Gasteiger partial charge in [-0.2, -0.15) is 0 Å². The highest BCUT2D eigenvalue weighted by atomic mass is 32.2. The average molecular weight is 395 g/mol. The molecule has 0 saturated heterocycles. The van der Waals surface area contributed by atoms with E-state index in [-0.39, 0.29) is 22.1 Å². The SMILES string of the molecule is CC(C)(C)c1ccc(S(=O)(=O)c2cncn2COCC[Si](C)(C)C)cc1. The van der Waals surface area contributed by atoms with Gasteiger partial charge in [0.1, 0.15) is 6.73 Å². The fourth-order valence-electron chi connectivity index (χ4n) is 2.43. The van der Waals surface area contributed by atoms with Crippen LogP contribution in [0.1, 0.15) is 26.3 Å². The van der Waals surface area contributed by atoms with Crippen LogP contribution in [0, 0.1) is 0 Å². The van der Waals surface area contributed by atoms with Crippen molar-refractivity contribution < 1.29 is 13.2 Å². The highest BCUT2D eigenvalue weighted by Crippen LogP contribution is 2.26. The summed E-state index contributed by atoms with van der Waals surface area (Å²) >= 11 is 0. The van der Waals surface area contributed by atoms with Crippen molar-refractivity contribution in [2.75, 3.05) is 6.61 Å². The number of nitrogens with zero attached hydrogens (tertiary/aromatic N) is 2. The molecule has 144 valence electrons. The van der Waals surface area contributed by atoms with Gasteiger partial charge in [0.2, 0.25) is 9.84 Å². The molecule has 0 bridgehead atoms. The van der Waals surface area contributed by atoms with Crippen LogP contribution in [0.2, 0.25) is 25.7 Å². The van der Waals surface area contributed by atoms with Crippen LogP contribution in [-0.2, 0) is 26.7 Å². The Bertz CT molecular complexity index is 829. The summed E-state index contributed by atoms with van der Waals surface area (Å²) in [4.78, 5) is 4.28. The molecule has 0 aliphatic carbocycles. The molecule has 0 aliphatic rings. The Balaban J connectivity index is 2.16. The standard InChI is InChI=1S/C19H30N2O3SSi/c1-19(2,3)16-7-9-17(10-8-16)25(22,23)18-13-20-14-21(18)15-24-11-12-26(4,5)6/h7-10,13-14H,11-12,15H2,1-6H3. The van der Waals surface area contributed by atoms with Gasteiger partial charge in [0.25, 0.3) is 0 Å². The Morgan fingerprint density at radius 2 is 1.73 bits per heavy atom. The molecule has 1 heterocycles. The van der Waals surface area contributed by atoms with Gasteiger partial charge in [0, 0.05) is 14.7 Å². The van der Waals surface area contributed by atoms with E-state index >= 15 is 0 Å². The highest BCUT2D eigenvalue weighted by Gasteiger charge is 2.23. The van der Waals surface area contributed by atoms with Crippen molar-refractivity contribution in [1.82, 2.24) is 9.55 Å². The van der Waals surface area contributed by atoms with Gasteiger partial charge in [-0.05, 0) is 29.2 Å². The van der Waals surface area contributed by atoms with Crippen LogP contribution < -0.4 is 0 Å². The summed E-state index contributed by atoms with van der Waals surface area (Å²) in [7, 11) is -4.80. The molecule has 0 radical (unpaired) electrons. The van der Waals surface area contributed by atoms with Gasteiger partial charge in [-0.15, -0.1) is 0 Å². The summed E-state index contributed by atoms with van der Waals surface area (Å²) in [5, 5.41) is 0.161. The number of rotatable bonds is 7. The van der Waals surface area contributed by atoms with E-state index in [0.29, 0.717) is 6.61 Å². The first-order valence-electron chi connectivity index (χ1n) is 8.85. The Hall–Kier alpha value is -1.44.